The van der Waals surface area contributed by atoms with Crippen LogP contribution in [0.3, 0.4) is 0 Å². The number of aromatic hydroxyl groups is 1. The number of rotatable bonds is 5. The van der Waals surface area contributed by atoms with Crippen LogP contribution in [0.1, 0.15) is 28.8 Å². The van der Waals surface area contributed by atoms with Gasteiger partial charge in [-0.2, -0.15) is 0 Å². The second kappa shape index (κ2) is 8.53. The fourth-order valence-electron chi connectivity index (χ4n) is 6.75. The van der Waals surface area contributed by atoms with E-state index in [1.165, 1.54) is 26.3 Å². The largest absolute Gasteiger partial charge is 0.510 e. The molecule has 0 unspecified atom stereocenters. The number of primary amides is 1. The van der Waals surface area contributed by atoms with Crippen molar-refractivity contribution in [2.75, 3.05) is 33.6 Å². The Labute approximate surface area is 217 Å². The average Bonchev–Trinajstić information content (AvgIpc) is 2.86. The molecular formula is C27H29N3O8. The number of methoxy groups -OCH3 is 1. The van der Waals surface area contributed by atoms with Gasteiger partial charge in [0, 0.05) is 32.1 Å². The molecule has 2 aromatic carbocycles. The molecule has 200 valence electrons. The number of hydrogen-bond acceptors (Lipinski definition) is 10. The van der Waals surface area contributed by atoms with Crippen LogP contribution in [0.2, 0.25) is 0 Å². The lowest BCUT2D eigenvalue weighted by Crippen LogP contribution is -2.60. The molecule has 0 aromatic heterocycles. The molecule has 0 saturated carbocycles. The summed E-state index contributed by atoms with van der Waals surface area (Å²) in [4.78, 5) is 52.4. The Morgan fingerprint density at radius 1 is 1.13 bits per heavy atom. The molecule has 0 aliphatic heterocycles. The smallest absolute Gasteiger partial charge is 0.250 e. The minimum atomic E-state index is -1.52. The summed E-state index contributed by atoms with van der Waals surface area (Å²) in [6.07, 6.45) is 0.218. The highest BCUT2D eigenvalue weighted by Gasteiger charge is 2.59. The molecule has 4 atom stereocenters. The standard InChI is InChI=1S/C27H29N3O8/c1-29-19-18(23(34)24(19)35)11-5-6-15(31)17-12(11)7-10-8-14-20(30(2)3)21(32)13(26(28)37)9-27(14,38-4)25(36)16(10)22(17)33/h5-6,10,14,20,29,31-32,36H,7-9H2,1-4H3,(H2,28,37)/t10-,14-,20-,27-/m0/s1. The van der Waals surface area contributed by atoms with Gasteiger partial charge in [-0.1, -0.05) is 6.07 Å². The molecule has 0 saturated heterocycles. The molecule has 0 fully saturated rings. The van der Waals surface area contributed by atoms with Crippen molar-refractivity contribution in [1.29, 1.82) is 0 Å². The number of carbonyl (C=O) groups is 2. The Hall–Kier alpha value is -3.96. The van der Waals surface area contributed by atoms with E-state index in [0.717, 1.165) is 0 Å². The van der Waals surface area contributed by atoms with Crippen LogP contribution in [-0.4, -0.2) is 71.8 Å². The van der Waals surface area contributed by atoms with Gasteiger partial charge in [0.15, 0.2) is 5.78 Å². The predicted molar refractivity (Wildman–Crippen MR) is 138 cm³/mol. The molecule has 5 rings (SSSR count). The quantitative estimate of drug-likeness (QED) is 0.354. The SMILES string of the molecule is CNc1c(-c2ccc(O)c3c2C[C@H]2C[C@H]4[C@H](N(C)C)C(O)=C(C(N)=O)C[C@@]4(OC)C(O)=C2C3=O)c(=O)c1=O. The highest BCUT2D eigenvalue weighted by molar-refractivity contribution is 6.14. The minimum absolute atomic E-state index is 0.0459. The summed E-state index contributed by atoms with van der Waals surface area (Å²) >= 11 is 0. The number of nitrogens with zero attached hydrogens (tertiary/aromatic N) is 1. The van der Waals surface area contributed by atoms with Crippen molar-refractivity contribution < 1.29 is 29.6 Å². The number of fused-ring (bicyclic) bond motifs is 3. The van der Waals surface area contributed by atoms with E-state index in [2.05, 4.69) is 5.32 Å². The number of amides is 1. The third-order valence-corrected chi connectivity index (χ3v) is 8.47. The lowest BCUT2D eigenvalue weighted by Gasteiger charge is -2.53. The zero-order chi connectivity index (χ0) is 27.8. The first-order chi connectivity index (χ1) is 17.9. The molecule has 38 heavy (non-hydrogen) atoms. The fourth-order valence-corrected chi connectivity index (χ4v) is 6.75. The summed E-state index contributed by atoms with van der Waals surface area (Å²) in [6, 6.07) is 2.04. The van der Waals surface area contributed by atoms with E-state index in [0.29, 0.717) is 11.1 Å². The van der Waals surface area contributed by atoms with Crippen molar-refractivity contribution in [2.45, 2.75) is 30.9 Å². The number of phenolic OH excluding ortho intramolecular Hbond substituents is 1. The number of nitrogens with two attached hydrogens (primary N) is 1. The summed E-state index contributed by atoms with van der Waals surface area (Å²) in [5.74, 6) is -3.53. The zero-order valence-corrected chi connectivity index (χ0v) is 21.4. The first-order valence-corrected chi connectivity index (χ1v) is 12.2. The van der Waals surface area contributed by atoms with E-state index in [1.807, 2.05) is 0 Å². The third-order valence-electron chi connectivity index (χ3n) is 8.47. The Bertz CT molecular complexity index is 1540. The van der Waals surface area contributed by atoms with Crippen LogP contribution in [-0.2, 0) is 16.0 Å². The number of benzene rings is 1. The minimum Gasteiger partial charge on any atom is -0.510 e. The maximum absolute atomic E-state index is 13.9. The van der Waals surface area contributed by atoms with Crippen LogP contribution < -0.4 is 21.9 Å². The molecule has 1 amide bonds. The van der Waals surface area contributed by atoms with Crippen molar-refractivity contribution in [3.8, 4) is 16.9 Å². The molecule has 0 spiro atoms. The molecular weight excluding hydrogens is 494 g/mol. The van der Waals surface area contributed by atoms with Crippen LogP contribution in [0.5, 0.6) is 5.75 Å². The number of aliphatic hydroxyl groups excluding tert-OH is 2. The summed E-state index contributed by atoms with van der Waals surface area (Å²) < 4.78 is 5.86. The molecule has 0 radical (unpaired) electrons. The zero-order valence-electron chi connectivity index (χ0n) is 21.4. The number of likely N-dealkylation sites (N-methyl/N-ethyl adjacent to an activating group) is 1. The van der Waals surface area contributed by atoms with E-state index in [1.54, 1.807) is 19.0 Å². The van der Waals surface area contributed by atoms with Gasteiger partial charge in [0.25, 0.3) is 0 Å². The van der Waals surface area contributed by atoms with Gasteiger partial charge in [0.2, 0.25) is 16.8 Å². The molecule has 11 nitrogen and oxygen atoms in total. The maximum atomic E-state index is 13.9. The van der Waals surface area contributed by atoms with E-state index >= 15 is 0 Å². The molecule has 0 heterocycles. The van der Waals surface area contributed by atoms with E-state index in [-0.39, 0.29) is 64.5 Å². The summed E-state index contributed by atoms with van der Waals surface area (Å²) in [5.41, 5.74) is 3.64. The first kappa shape index (κ1) is 25.7. The monoisotopic (exact) mass is 523 g/mol. The van der Waals surface area contributed by atoms with Gasteiger partial charge in [-0.25, -0.2) is 0 Å². The van der Waals surface area contributed by atoms with Crippen molar-refractivity contribution in [3.05, 3.63) is 66.4 Å². The van der Waals surface area contributed by atoms with Gasteiger partial charge in [-0.05, 0) is 50.0 Å². The van der Waals surface area contributed by atoms with E-state index < -0.39 is 46.0 Å². The number of hydrogen-bond donors (Lipinski definition) is 5. The number of allylic oxidation sites excluding steroid dienone is 1. The van der Waals surface area contributed by atoms with Gasteiger partial charge >= 0.3 is 0 Å². The molecule has 6 N–H and O–H groups in total. The van der Waals surface area contributed by atoms with Gasteiger partial charge in [0.1, 0.15) is 22.9 Å². The normalized spacial score (nSPS) is 26.9. The van der Waals surface area contributed by atoms with Crippen LogP contribution in [0, 0.1) is 11.8 Å². The van der Waals surface area contributed by atoms with Crippen molar-refractivity contribution >= 4 is 17.4 Å². The lowest BCUT2D eigenvalue weighted by atomic mass is 9.58. The summed E-state index contributed by atoms with van der Waals surface area (Å²) in [7, 11) is 6.31. The second-order valence-corrected chi connectivity index (χ2v) is 10.4. The van der Waals surface area contributed by atoms with Crippen LogP contribution >= 0.6 is 0 Å². The number of Topliss-reactive ketones (excluding diaryl/α,β-unsaturated/α-hetero) is 1. The summed E-state index contributed by atoms with van der Waals surface area (Å²) in [5, 5.41) is 36.1. The molecule has 2 aromatic rings. The number of ether oxygens (including phenoxy) is 1. The summed E-state index contributed by atoms with van der Waals surface area (Å²) in [6.45, 7) is 0. The van der Waals surface area contributed by atoms with E-state index in [4.69, 9.17) is 10.5 Å². The van der Waals surface area contributed by atoms with Gasteiger partial charge in [-0.3, -0.25) is 24.1 Å². The number of ketones is 1. The highest BCUT2D eigenvalue weighted by Crippen LogP contribution is 2.55. The first-order valence-electron chi connectivity index (χ1n) is 12.2. The van der Waals surface area contributed by atoms with Crippen LogP contribution in [0.15, 0.2) is 44.4 Å². The number of carbonyl (C=O) groups excluding carboxylic acids is 2. The Balaban J connectivity index is 1.73. The van der Waals surface area contributed by atoms with E-state index in [9.17, 15) is 34.5 Å². The van der Waals surface area contributed by atoms with Crippen molar-refractivity contribution in [1.82, 2.24) is 4.90 Å². The number of phenols is 1. The number of nitrogens with one attached hydrogen (secondary N) is 1. The Kier molecular flexibility index (Phi) is 5.77. The molecule has 3 aliphatic rings. The number of anilines is 1. The third kappa shape index (κ3) is 3.15. The van der Waals surface area contributed by atoms with Crippen LogP contribution in [0.4, 0.5) is 5.69 Å². The van der Waals surface area contributed by atoms with Crippen LogP contribution in [0.25, 0.3) is 11.1 Å². The maximum Gasteiger partial charge on any atom is 0.250 e. The predicted octanol–water partition coefficient (Wildman–Crippen LogP) is 0.900. The van der Waals surface area contributed by atoms with Gasteiger partial charge < -0.3 is 31.1 Å². The molecule has 3 aliphatic carbocycles. The van der Waals surface area contributed by atoms with Crippen molar-refractivity contribution in [3.63, 3.8) is 0 Å². The Morgan fingerprint density at radius 2 is 1.82 bits per heavy atom. The fraction of sp³-hybridized carbons (Fsp3) is 0.407. The van der Waals surface area contributed by atoms with Gasteiger partial charge in [0.05, 0.1) is 28.4 Å². The molecule has 0 bridgehead atoms. The number of aliphatic hydroxyl groups is 2. The average molecular weight is 524 g/mol. The Morgan fingerprint density at radius 3 is 2.39 bits per heavy atom. The second-order valence-electron chi connectivity index (χ2n) is 10.4. The van der Waals surface area contributed by atoms with Crippen molar-refractivity contribution in [2.24, 2.45) is 17.6 Å². The molecule has 11 heteroatoms. The lowest BCUT2D eigenvalue weighted by molar-refractivity contribution is -0.121. The van der Waals surface area contributed by atoms with Gasteiger partial charge in [-0.15, -0.1) is 0 Å². The topological polar surface area (TPSA) is 179 Å². The highest BCUT2D eigenvalue weighted by atomic mass is 16.5.